The van der Waals surface area contributed by atoms with Crippen molar-refractivity contribution in [3.05, 3.63) is 40.9 Å². The highest BCUT2D eigenvalue weighted by molar-refractivity contribution is 9.10. The van der Waals surface area contributed by atoms with Crippen LogP contribution in [0.15, 0.2) is 40.9 Å². The Bertz CT molecular complexity index is 814. The summed E-state index contributed by atoms with van der Waals surface area (Å²) in [6.45, 7) is 0. The molecule has 0 spiro atoms. The zero-order valence-electron chi connectivity index (χ0n) is 11.6. The van der Waals surface area contributed by atoms with Crippen LogP contribution in [0.2, 0.25) is 0 Å². The molecule has 1 aromatic heterocycles. The van der Waals surface area contributed by atoms with E-state index in [-0.39, 0.29) is 0 Å². The van der Waals surface area contributed by atoms with Gasteiger partial charge in [0.05, 0.1) is 30.9 Å². The van der Waals surface area contributed by atoms with Crippen LogP contribution < -0.4 is 15.2 Å². The summed E-state index contributed by atoms with van der Waals surface area (Å²) in [5, 5.41) is 0. The minimum Gasteiger partial charge on any atom is -0.497 e. The second-order valence-corrected chi connectivity index (χ2v) is 5.39. The highest BCUT2D eigenvalue weighted by Gasteiger charge is 2.14. The van der Waals surface area contributed by atoms with E-state index >= 15 is 0 Å². The van der Waals surface area contributed by atoms with E-state index in [1.54, 1.807) is 14.2 Å². The molecular weight excluding hydrogens is 334 g/mol. The molecule has 2 aromatic carbocycles. The van der Waals surface area contributed by atoms with Crippen LogP contribution in [0.3, 0.4) is 0 Å². The van der Waals surface area contributed by atoms with Crippen LogP contribution in [0, 0.1) is 0 Å². The Balaban J connectivity index is 2.27. The molecular formula is C15H14BrN3O2. The van der Waals surface area contributed by atoms with Crippen LogP contribution in [0.4, 0.5) is 5.95 Å². The summed E-state index contributed by atoms with van der Waals surface area (Å²) in [4.78, 5) is 4.39. The first-order valence-electron chi connectivity index (χ1n) is 6.30. The fraction of sp³-hybridized carbons (Fsp3) is 0.133. The number of anilines is 1. The van der Waals surface area contributed by atoms with E-state index < -0.39 is 0 Å². The van der Waals surface area contributed by atoms with Crippen molar-refractivity contribution in [3.8, 4) is 17.2 Å². The molecule has 6 heteroatoms. The molecule has 0 bridgehead atoms. The van der Waals surface area contributed by atoms with Crippen LogP contribution in [0.25, 0.3) is 16.7 Å². The van der Waals surface area contributed by atoms with Crippen LogP contribution in [0.5, 0.6) is 11.5 Å². The lowest BCUT2D eigenvalue weighted by molar-refractivity contribution is 0.393. The molecule has 108 valence electrons. The van der Waals surface area contributed by atoms with Gasteiger partial charge in [-0.2, -0.15) is 0 Å². The Kier molecular flexibility index (Phi) is 3.47. The largest absolute Gasteiger partial charge is 0.497 e. The molecule has 0 aliphatic carbocycles. The summed E-state index contributed by atoms with van der Waals surface area (Å²) in [5.74, 6) is 1.80. The third-order valence-electron chi connectivity index (χ3n) is 3.27. The van der Waals surface area contributed by atoms with E-state index in [0.29, 0.717) is 11.7 Å². The van der Waals surface area contributed by atoms with Crippen LogP contribution in [-0.4, -0.2) is 23.8 Å². The van der Waals surface area contributed by atoms with Crippen molar-refractivity contribution < 1.29 is 9.47 Å². The Labute approximate surface area is 130 Å². The number of ether oxygens (including phenoxy) is 2. The van der Waals surface area contributed by atoms with E-state index in [2.05, 4.69) is 20.9 Å². The predicted molar refractivity (Wildman–Crippen MR) is 86.3 cm³/mol. The van der Waals surface area contributed by atoms with Gasteiger partial charge in [0.1, 0.15) is 11.5 Å². The Morgan fingerprint density at radius 1 is 1.10 bits per heavy atom. The summed E-state index contributed by atoms with van der Waals surface area (Å²) < 4.78 is 13.5. The minimum atomic E-state index is 0.409. The molecule has 0 saturated carbocycles. The van der Waals surface area contributed by atoms with Crippen molar-refractivity contribution >= 4 is 32.9 Å². The maximum absolute atomic E-state index is 6.08. The molecule has 0 saturated heterocycles. The molecule has 1 heterocycles. The molecule has 0 atom stereocenters. The van der Waals surface area contributed by atoms with Crippen LogP contribution in [-0.2, 0) is 0 Å². The molecule has 0 radical (unpaired) electrons. The highest BCUT2D eigenvalue weighted by atomic mass is 79.9. The molecule has 2 N–H and O–H groups in total. The summed E-state index contributed by atoms with van der Waals surface area (Å²) in [7, 11) is 3.23. The van der Waals surface area contributed by atoms with Crippen LogP contribution in [0.1, 0.15) is 0 Å². The number of hydrogen-bond donors (Lipinski definition) is 1. The van der Waals surface area contributed by atoms with Crippen molar-refractivity contribution in [2.45, 2.75) is 0 Å². The number of nitrogens with two attached hydrogens (primary N) is 1. The third kappa shape index (κ3) is 2.31. The second-order valence-electron chi connectivity index (χ2n) is 4.48. The van der Waals surface area contributed by atoms with Gasteiger partial charge in [0.25, 0.3) is 0 Å². The van der Waals surface area contributed by atoms with Gasteiger partial charge in [-0.3, -0.25) is 4.57 Å². The first-order valence-corrected chi connectivity index (χ1v) is 7.09. The Morgan fingerprint density at radius 2 is 1.90 bits per heavy atom. The first kappa shape index (κ1) is 13.8. The number of fused-ring (bicyclic) bond motifs is 1. The molecule has 0 aliphatic heterocycles. The summed E-state index contributed by atoms with van der Waals surface area (Å²) in [6, 6.07) is 11.4. The van der Waals surface area contributed by atoms with Crippen molar-refractivity contribution in [3.63, 3.8) is 0 Å². The number of rotatable bonds is 3. The van der Waals surface area contributed by atoms with E-state index in [9.17, 15) is 0 Å². The summed E-state index contributed by atoms with van der Waals surface area (Å²) >= 11 is 3.44. The zero-order chi connectivity index (χ0) is 15.0. The van der Waals surface area contributed by atoms with E-state index in [0.717, 1.165) is 26.9 Å². The van der Waals surface area contributed by atoms with E-state index in [1.807, 2.05) is 41.0 Å². The highest BCUT2D eigenvalue weighted by Crippen LogP contribution is 2.33. The zero-order valence-corrected chi connectivity index (χ0v) is 13.2. The van der Waals surface area contributed by atoms with E-state index in [4.69, 9.17) is 15.2 Å². The SMILES string of the molecule is COc1ccc(-n2c(N)nc3cc(Br)ccc32)c(OC)c1. The maximum Gasteiger partial charge on any atom is 0.206 e. The predicted octanol–water partition coefficient (Wildman–Crippen LogP) is 3.39. The van der Waals surface area contributed by atoms with Crippen molar-refractivity contribution in [1.29, 1.82) is 0 Å². The van der Waals surface area contributed by atoms with Crippen molar-refractivity contribution in [2.24, 2.45) is 0 Å². The third-order valence-corrected chi connectivity index (χ3v) is 3.76. The van der Waals surface area contributed by atoms with E-state index in [1.165, 1.54) is 0 Å². The lowest BCUT2D eigenvalue weighted by atomic mass is 10.2. The maximum atomic E-state index is 6.08. The average Bonchev–Trinajstić information content (AvgIpc) is 2.81. The lowest BCUT2D eigenvalue weighted by Gasteiger charge is -2.13. The summed E-state index contributed by atoms with van der Waals surface area (Å²) in [5.41, 5.74) is 8.63. The molecule has 0 amide bonds. The summed E-state index contributed by atoms with van der Waals surface area (Å²) in [6.07, 6.45) is 0. The number of aromatic nitrogens is 2. The fourth-order valence-corrected chi connectivity index (χ4v) is 2.64. The van der Waals surface area contributed by atoms with Gasteiger partial charge in [-0.15, -0.1) is 0 Å². The van der Waals surface area contributed by atoms with Crippen molar-refractivity contribution in [2.75, 3.05) is 20.0 Å². The number of halogens is 1. The molecule has 0 aliphatic rings. The number of nitrogens with zero attached hydrogens (tertiary/aromatic N) is 2. The van der Waals surface area contributed by atoms with Gasteiger partial charge >= 0.3 is 0 Å². The smallest absolute Gasteiger partial charge is 0.206 e. The number of nitrogen functional groups attached to an aromatic ring is 1. The van der Waals surface area contributed by atoms with Gasteiger partial charge in [-0.05, 0) is 30.3 Å². The van der Waals surface area contributed by atoms with Gasteiger partial charge in [-0.25, -0.2) is 4.98 Å². The molecule has 0 fully saturated rings. The Morgan fingerprint density at radius 3 is 2.62 bits per heavy atom. The lowest BCUT2D eigenvalue weighted by Crippen LogP contribution is -2.03. The molecule has 0 unspecified atom stereocenters. The Hall–Kier alpha value is -2.21. The number of methoxy groups -OCH3 is 2. The fourth-order valence-electron chi connectivity index (χ4n) is 2.29. The number of benzene rings is 2. The molecule has 21 heavy (non-hydrogen) atoms. The monoisotopic (exact) mass is 347 g/mol. The first-order chi connectivity index (χ1) is 10.1. The second kappa shape index (κ2) is 5.29. The molecule has 3 aromatic rings. The minimum absolute atomic E-state index is 0.409. The van der Waals surface area contributed by atoms with Gasteiger partial charge < -0.3 is 15.2 Å². The molecule has 5 nitrogen and oxygen atoms in total. The standard InChI is InChI=1S/C15H14BrN3O2/c1-20-10-4-6-13(14(8-10)21-2)19-12-5-3-9(16)7-11(12)18-15(19)17/h3-8H,1-2H3,(H2,17,18). The van der Waals surface area contributed by atoms with Crippen molar-refractivity contribution in [1.82, 2.24) is 9.55 Å². The average molecular weight is 348 g/mol. The van der Waals surface area contributed by atoms with Gasteiger partial charge in [0.15, 0.2) is 0 Å². The topological polar surface area (TPSA) is 62.3 Å². The van der Waals surface area contributed by atoms with Gasteiger partial charge in [0, 0.05) is 10.5 Å². The number of imidazole rings is 1. The molecule has 3 rings (SSSR count). The van der Waals surface area contributed by atoms with Gasteiger partial charge in [-0.1, -0.05) is 15.9 Å². The van der Waals surface area contributed by atoms with Gasteiger partial charge in [0.2, 0.25) is 5.95 Å². The normalized spacial score (nSPS) is 10.8. The van der Waals surface area contributed by atoms with Crippen LogP contribution >= 0.6 is 15.9 Å². The quantitative estimate of drug-likeness (QED) is 0.788. The number of hydrogen-bond acceptors (Lipinski definition) is 4.